The standard InChI is InChI=1S/C29H25BrN4O4/c1-38-23-13-9-20(10-14-23)29-24(18-33(32-29)22-5-3-2-4-6-22)26-17-25(19-7-11-21(30)12-8-19)31-34(26)27(35)15-16-28(36)37/h2-14,18,26H,15-17H2,1H3,(H,36,37)/t26-/m0/s1. The lowest BCUT2D eigenvalue weighted by Crippen LogP contribution is -2.27. The van der Waals surface area contributed by atoms with Crippen LogP contribution in [0, 0.1) is 0 Å². The Kier molecular flexibility index (Phi) is 7.37. The Balaban J connectivity index is 1.60. The van der Waals surface area contributed by atoms with Crippen LogP contribution in [0.5, 0.6) is 5.75 Å². The predicted octanol–water partition coefficient (Wildman–Crippen LogP) is 5.85. The third kappa shape index (κ3) is 5.38. The van der Waals surface area contributed by atoms with Crippen molar-refractivity contribution in [1.82, 2.24) is 14.8 Å². The molecule has 5 rings (SSSR count). The number of hydrazone groups is 1. The molecule has 0 saturated heterocycles. The van der Waals surface area contributed by atoms with Gasteiger partial charge in [-0.2, -0.15) is 10.2 Å². The van der Waals surface area contributed by atoms with E-state index >= 15 is 0 Å². The Morgan fingerprint density at radius 2 is 1.66 bits per heavy atom. The molecule has 2 heterocycles. The van der Waals surface area contributed by atoms with E-state index in [9.17, 15) is 14.7 Å². The van der Waals surface area contributed by atoms with Crippen LogP contribution in [0.2, 0.25) is 0 Å². The van der Waals surface area contributed by atoms with E-state index in [0.717, 1.165) is 38.3 Å². The molecule has 0 aliphatic carbocycles. The van der Waals surface area contributed by atoms with E-state index in [0.29, 0.717) is 12.1 Å². The highest BCUT2D eigenvalue weighted by Crippen LogP contribution is 2.39. The van der Waals surface area contributed by atoms with E-state index in [2.05, 4.69) is 15.9 Å². The number of carbonyl (C=O) groups is 2. The summed E-state index contributed by atoms with van der Waals surface area (Å²) >= 11 is 3.46. The molecule has 0 spiro atoms. The number of methoxy groups -OCH3 is 1. The highest BCUT2D eigenvalue weighted by atomic mass is 79.9. The van der Waals surface area contributed by atoms with Crippen molar-refractivity contribution in [2.75, 3.05) is 7.11 Å². The minimum atomic E-state index is -1.03. The van der Waals surface area contributed by atoms with Gasteiger partial charge in [0.2, 0.25) is 5.91 Å². The molecule has 4 aromatic rings. The molecule has 8 nitrogen and oxygen atoms in total. The number of aliphatic carboxylic acids is 1. The third-order valence-corrected chi connectivity index (χ3v) is 6.91. The summed E-state index contributed by atoms with van der Waals surface area (Å²) in [5.41, 5.74) is 4.92. The number of rotatable bonds is 8. The predicted molar refractivity (Wildman–Crippen MR) is 147 cm³/mol. The maximum absolute atomic E-state index is 13.3. The van der Waals surface area contributed by atoms with Gasteiger partial charge >= 0.3 is 5.97 Å². The summed E-state index contributed by atoms with van der Waals surface area (Å²) in [4.78, 5) is 24.5. The minimum Gasteiger partial charge on any atom is -0.497 e. The van der Waals surface area contributed by atoms with Gasteiger partial charge in [0.25, 0.3) is 0 Å². The van der Waals surface area contributed by atoms with Gasteiger partial charge in [-0.25, -0.2) is 9.69 Å². The molecule has 3 aromatic carbocycles. The van der Waals surface area contributed by atoms with E-state index in [-0.39, 0.29) is 18.7 Å². The molecule has 1 amide bonds. The summed E-state index contributed by atoms with van der Waals surface area (Å²) in [6.07, 6.45) is 1.98. The maximum Gasteiger partial charge on any atom is 0.303 e. The molecule has 0 fully saturated rings. The second-order valence-corrected chi connectivity index (χ2v) is 9.76. The monoisotopic (exact) mass is 572 g/mol. The molecular weight excluding hydrogens is 548 g/mol. The van der Waals surface area contributed by atoms with Crippen LogP contribution < -0.4 is 4.74 Å². The number of carboxylic acids is 1. The number of carboxylic acid groups (broad SMARTS) is 1. The molecule has 1 aromatic heterocycles. The van der Waals surface area contributed by atoms with E-state index in [1.807, 2.05) is 85.1 Å². The normalized spacial score (nSPS) is 14.8. The molecule has 1 aliphatic heterocycles. The van der Waals surface area contributed by atoms with Crippen LogP contribution in [0.15, 0.2) is 94.6 Å². The molecule has 192 valence electrons. The van der Waals surface area contributed by atoms with Crippen LogP contribution >= 0.6 is 15.9 Å². The van der Waals surface area contributed by atoms with Crippen LogP contribution in [-0.2, 0) is 9.59 Å². The van der Waals surface area contributed by atoms with Gasteiger partial charge in [0.15, 0.2) is 0 Å². The molecule has 0 bridgehead atoms. The first-order chi connectivity index (χ1) is 18.4. The number of nitrogens with zero attached hydrogens (tertiary/aromatic N) is 4. The van der Waals surface area contributed by atoms with Crippen molar-refractivity contribution < 1.29 is 19.4 Å². The van der Waals surface area contributed by atoms with E-state index in [1.165, 1.54) is 5.01 Å². The summed E-state index contributed by atoms with van der Waals surface area (Å²) in [6.45, 7) is 0. The fourth-order valence-corrected chi connectivity index (χ4v) is 4.71. The van der Waals surface area contributed by atoms with Gasteiger partial charge < -0.3 is 9.84 Å². The van der Waals surface area contributed by atoms with Crippen molar-refractivity contribution >= 4 is 33.5 Å². The first-order valence-corrected chi connectivity index (χ1v) is 12.9. The first-order valence-electron chi connectivity index (χ1n) is 12.1. The average Bonchev–Trinajstić information content (AvgIpc) is 3.58. The second-order valence-electron chi connectivity index (χ2n) is 8.85. The lowest BCUT2D eigenvalue weighted by atomic mass is 9.96. The van der Waals surface area contributed by atoms with Gasteiger partial charge in [-0.05, 0) is 54.1 Å². The zero-order valence-corrected chi connectivity index (χ0v) is 22.2. The number of carbonyl (C=O) groups excluding carboxylic acids is 1. The molecule has 9 heteroatoms. The van der Waals surface area contributed by atoms with E-state index in [1.54, 1.807) is 11.8 Å². The molecule has 0 radical (unpaired) electrons. The molecule has 0 unspecified atom stereocenters. The van der Waals surface area contributed by atoms with Gasteiger partial charge in [0, 0.05) is 34.6 Å². The minimum absolute atomic E-state index is 0.145. The first kappa shape index (κ1) is 25.4. The largest absolute Gasteiger partial charge is 0.497 e. The van der Waals surface area contributed by atoms with Crippen LogP contribution in [-0.4, -0.2) is 44.6 Å². The van der Waals surface area contributed by atoms with Gasteiger partial charge in [0.1, 0.15) is 5.75 Å². The number of aromatic nitrogens is 2. The zero-order chi connectivity index (χ0) is 26.6. The highest BCUT2D eigenvalue weighted by Gasteiger charge is 2.36. The summed E-state index contributed by atoms with van der Waals surface area (Å²) in [5, 5.41) is 20.2. The molecule has 0 saturated carbocycles. The van der Waals surface area contributed by atoms with Crippen LogP contribution in [0.4, 0.5) is 0 Å². The van der Waals surface area contributed by atoms with Crippen molar-refractivity contribution in [3.8, 4) is 22.7 Å². The number of halogens is 1. The molecule has 1 aliphatic rings. The van der Waals surface area contributed by atoms with Gasteiger partial charge in [-0.1, -0.05) is 46.3 Å². The topological polar surface area (TPSA) is 97.0 Å². The fourth-order valence-electron chi connectivity index (χ4n) is 4.45. The summed E-state index contributed by atoms with van der Waals surface area (Å²) in [6, 6.07) is 24.6. The smallest absolute Gasteiger partial charge is 0.303 e. The Morgan fingerprint density at radius 3 is 2.32 bits per heavy atom. The van der Waals surface area contributed by atoms with Crippen LogP contribution in [0.25, 0.3) is 16.9 Å². The quantitative estimate of drug-likeness (QED) is 0.285. The molecular formula is C29H25BrN4O4. The lowest BCUT2D eigenvalue weighted by molar-refractivity contribution is -0.141. The van der Waals surface area contributed by atoms with Crippen LogP contribution in [0.1, 0.15) is 36.4 Å². The number of benzene rings is 3. The number of hydrogen-bond donors (Lipinski definition) is 1. The zero-order valence-electron chi connectivity index (χ0n) is 20.6. The number of ether oxygens (including phenoxy) is 1. The van der Waals surface area contributed by atoms with E-state index < -0.39 is 12.0 Å². The SMILES string of the molecule is COc1ccc(-c2nn(-c3ccccc3)cc2[C@@H]2CC(c3ccc(Br)cc3)=NN2C(=O)CCC(=O)O)cc1. The number of hydrogen-bond acceptors (Lipinski definition) is 5. The molecule has 38 heavy (non-hydrogen) atoms. The highest BCUT2D eigenvalue weighted by molar-refractivity contribution is 9.10. The Bertz CT molecular complexity index is 1480. The third-order valence-electron chi connectivity index (χ3n) is 6.38. The summed E-state index contributed by atoms with van der Waals surface area (Å²) in [5.74, 6) is -0.648. The lowest BCUT2D eigenvalue weighted by Gasteiger charge is -2.21. The van der Waals surface area contributed by atoms with E-state index in [4.69, 9.17) is 14.9 Å². The van der Waals surface area contributed by atoms with Crippen LogP contribution in [0.3, 0.4) is 0 Å². The van der Waals surface area contributed by atoms with Gasteiger partial charge in [0.05, 0.1) is 36.7 Å². The van der Waals surface area contributed by atoms with Crippen molar-refractivity contribution in [2.24, 2.45) is 5.10 Å². The second kappa shape index (κ2) is 11.0. The Morgan fingerprint density at radius 1 is 0.974 bits per heavy atom. The van der Waals surface area contributed by atoms with Crippen molar-refractivity contribution in [3.05, 3.63) is 101 Å². The molecule has 1 N–H and O–H groups in total. The van der Waals surface area contributed by atoms with Crippen molar-refractivity contribution in [2.45, 2.75) is 25.3 Å². The summed E-state index contributed by atoms with van der Waals surface area (Å²) < 4.78 is 8.07. The Labute approximate surface area is 228 Å². The Hall–Kier alpha value is -4.24. The average molecular weight is 573 g/mol. The maximum atomic E-state index is 13.3. The summed E-state index contributed by atoms with van der Waals surface area (Å²) in [7, 11) is 1.62. The van der Waals surface area contributed by atoms with Crippen molar-refractivity contribution in [3.63, 3.8) is 0 Å². The number of para-hydroxylation sites is 1. The van der Waals surface area contributed by atoms with Crippen molar-refractivity contribution in [1.29, 1.82) is 0 Å². The van der Waals surface area contributed by atoms with Gasteiger partial charge in [-0.3, -0.25) is 9.59 Å². The fraction of sp³-hybridized carbons (Fsp3) is 0.172. The molecule has 1 atom stereocenters. The van der Waals surface area contributed by atoms with Gasteiger partial charge in [-0.15, -0.1) is 0 Å². The number of amides is 1.